The van der Waals surface area contributed by atoms with Crippen LogP contribution in [0.4, 0.5) is 5.82 Å². The van der Waals surface area contributed by atoms with Gasteiger partial charge in [-0.3, -0.25) is 9.59 Å². The van der Waals surface area contributed by atoms with Gasteiger partial charge in [0.15, 0.2) is 0 Å². The van der Waals surface area contributed by atoms with Crippen molar-refractivity contribution in [1.29, 1.82) is 0 Å². The predicted molar refractivity (Wildman–Crippen MR) is 72.0 cm³/mol. The number of carbonyl (C=O) groups excluding carboxylic acids is 1. The Morgan fingerprint density at radius 2 is 2.16 bits per heavy atom. The average Bonchev–Trinajstić information content (AvgIpc) is 2.79. The third kappa shape index (κ3) is 3.41. The van der Waals surface area contributed by atoms with E-state index < -0.39 is 11.9 Å². The first-order valence-corrected chi connectivity index (χ1v) is 6.15. The van der Waals surface area contributed by atoms with Gasteiger partial charge in [-0.05, 0) is 40.2 Å². The lowest BCUT2D eigenvalue weighted by Gasteiger charge is -2.07. The Morgan fingerprint density at radius 3 is 2.79 bits per heavy atom. The summed E-state index contributed by atoms with van der Waals surface area (Å²) in [6.07, 6.45) is 3.10. The second-order valence-electron chi connectivity index (χ2n) is 3.73. The number of hydrogen-bond acceptors (Lipinski definition) is 3. The van der Waals surface area contributed by atoms with Crippen molar-refractivity contribution in [2.75, 3.05) is 5.32 Å². The molecule has 0 aliphatic carbocycles. The number of rotatable bonds is 4. The fraction of sp³-hybridized carbons (Fsp3) is 0.0833. The molecule has 2 aromatic rings. The summed E-state index contributed by atoms with van der Waals surface area (Å²) in [6.45, 7) is -0.260. The highest BCUT2D eigenvalue weighted by Gasteiger charge is 2.13. The first-order valence-electron chi connectivity index (χ1n) is 5.36. The Hall–Kier alpha value is -2.15. The molecule has 0 radical (unpaired) electrons. The van der Waals surface area contributed by atoms with E-state index in [2.05, 4.69) is 26.2 Å². The van der Waals surface area contributed by atoms with Crippen LogP contribution in [0.2, 0.25) is 0 Å². The molecule has 2 rings (SSSR count). The van der Waals surface area contributed by atoms with E-state index in [0.29, 0.717) is 5.82 Å². The second kappa shape index (κ2) is 5.66. The lowest BCUT2D eigenvalue weighted by atomic mass is 10.3. The number of pyridine rings is 1. The van der Waals surface area contributed by atoms with Crippen LogP contribution < -0.4 is 5.32 Å². The molecule has 0 bridgehead atoms. The molecule has 0 unspecified atom stereocenters. The maximum absolute atomic E-state index is 12.0. The Bertz CT molecular complexity index is 607. The predicted octanol–water partition coefficient (Wildman–Crippen LogP) is 1.98. The van der Waals surface area contributed by atoms with Crippen molar-refractivity contribution >= 4 is 33.6 Å². The minimum atomic E-state index is -1.01. The van der Waals surface area contributed by atoms with Gasteiger partial charge in [0.1, 0.15) is 18.1 Å². The SMILES string of the molecule is O=C(O)Cn1cccc1C(=O)Nc1ccc(Br)cn1. The molecular formula is C12H10BrN3O3. The van der Waals surface area contributed by atoms with Crippen LogP contribution in [0.25, 0.3) is 0 Å². The zero-order valence-corrected chi connectivity index (χ0v) is 11.3. The lowest BCUT2D eigenvalue weighted by molar-refractivity contribution is -0.137. The van der Waals surface area contributed by atoms with Crippen LogP contribution in [0.1, 0.15) is 10.5 Å². The van der Waals surface area contributed by atoms with Crippen LogP contribution in [0.5, 0.6) is 0 Å². The third-order valence-electron chi connectivity index (χ3n) is 2.34. The molecule has 0 atom stereocenters. The molecule has 0 aliphatic rings. The van der Waals surface area contributed by atoms with Gasteiger partial charge in [-0.15, -0.1) is 0 Å². The fourth-order valence-electron chi connectivity index (χ4n) is 1.53. The largest absolute Gasteiger partial charge is 0.480 e. The highest BCUT2D eigenvalue weighted by molar-refractivity contribution is 9.10. The van der Waals surface area contributed by atoms with Crippen LogP contribution in [0, 0.1) is 0 Å². The van der Waals surface area contributed by atoms with Gasteiger partial charge >= 0.3 is 5.97 Å². The summed E-state index contributed by atoms with van der Waals surface area (Å²) < 4.78 is 2.16. The molecule has 0 fully saturated rings. The highest BCUT2D eigenvalue weighted by Crippen LogP contribution is 2.12. The van der Waals surface area contributed by atoms with Crippen LogP contribution in [0.15, 0.2) is 41.1 Å². The second-order valence-corrected chi connectivity index (χ2v) is 4.65. The van der Waals surface area contributed by atoms with Crippen LogP contribution in [0.3, 0.4) is 0 Å². The van der Waals surface area contributed by atoms with Crippen LogP contribution in [-0.4, -0.2) is 26.5 Å². The summed E-state index contributed by atoms with van der Waals surface area (Å²) in [5.41, 5.74) is 0.270. The first kappa shape index (κ1) is 13.3. The molecule has 2 aromatic heterocycles. The molecule has 0 aromatic carbocycles. The Balaban J connectivity index is 2.14. The standard InChI is InChI=1S/C12H10BrN3O3/c13-8-3-4-10(14-6-8)15-12(19)9-2-1-5-16(9)7-11(17)18/h1-6H,7H2,(H,17,18)(H,14,15,19). The number of carboxylic acid groups (broad SMARTS) is 1. The molecule has 6 nitrogen and oxygen atoms in total. The molecule has 2 N–H and O–H groups in total. The van der Waals surface area contributed by atoms with Gasteiger partial charge in [0.25, 0.3) is 5.91 Å². The number of halogens is 1. The van der Waals surface area contributed by atoms with E-state index in [1.54, 1.807) is 30.5 Å². The van der Waals surface area contributed by atoms with Crippen LogP contribution >= 0.6 is 15.9 Å². The number of nitrogens with one attached hydrogen (secondary N) is 1. The van der Waals surface area contributed by atoms with E-state index in [0.717, 1.165) is 4.47 Å². The number of amides is 1. The van der Waals surface area contributed by atoms with Crippen molar-refractivity contribution < 1.29 is 14.7 Å². The molecule has 19 heavy (non-hydrogen) atoms. The van der Waals surface area contributed by atoms with Gasteiger partial charge in [0, 0.05) is 16.9 Å². The number of aliphatic carboxylic acids is 1. The van der Waals surface area contributed by atoms with Crippen molar-refractivity contribution in [3.8, 4) is 0 Å². The molecule has 0 saturated carbocycles. The van der Waals surface area contributed by atoms with Gasteiger partial charge < -0.3 is 15.0 Å². The zero-order chi connectivity index (χ0) is 13.8. The maximum Gasteiger partial charge on any atom is 0.323 e. The van der Waals surface area contributed by atoms with E-state index in [-0.39, 0.29) is 12.2 Å². The Morgan fingerprint density at radius 1 is 1.37 bits per heavy atom. The number of carboxylic acids is 1. The number of aromatic nitrogens is 2. The van der Waals surface area contributed by atoms with Crippen molar-refractivity contribution in [3.63, 3.8) is 0 Å². The van der Waals surface area contributed by atoms with Gasteiger partial charge in [0.2, 0.25) is 0 Å². The fourth-order valence-corrected chi connectivity index (χ4v) is 1.77. The smallest absolute Gasteiger partial charge is 0.323 e. The van der Waals surface area contributed by atoms with E-state index in [1.807, 2.05) is 0 Å². The van der Waals surface area contributed by atoms with Gasteiger partial charge in [-0.1, -0.05) is 0 Å². The summed E-state index contributed by atoms with van der Waals surface area (Å²) in [6, 6.07) is 6.56. The number of nitrogens with zero attached hydrogens (tertiary/aromatic N) is 2. The molecule has 2 heterocycles. The zero-order valence-electron chi connectivity index (χ0n) is 9.71. The minimum Gasteiger partial charge on any atom is -0.480 e. The Labute approximate surface area is 117 Å². The summed E-state index contributed by atoms with van der Waals surface area (Å²) in [4.78, 5) is 26.7. The third-order valence-corrected chi connectivity index (χ3v) is 2.81. The van der Waals surface area contributed by atoms with Crippen molar-refractivity contribution in [3.05, 3.63) is 46.8 Å². The van der Waals surface area contributed by atoms with Crippen molar-refractivity contribution in [2.24, 2.45) is 0 Å². The van der Waals surface area contributed by atoms with E-state index in [9.17, 15) is 9.59 Å². The summed E-state index contributed by atoms with van der Waals surface area (Å²) in [5.74, 6) is -1.01. The monoisotopic (exact) mass is 323 g/mol. The number of carbonyl (C=O) groups is 2. The summed E-state index contributed by atoms with van der Waals surface area (Å²) in [7, 11) is 0. The van der Waals surface area contributed by atoms with Crippen molar-refractivity contribution in [2.45, 2.75) is 6.54 Å². The molecular weight excluding hydrogens is 314 g/mol. The lowest BCUT2D eigenvalue weighted by Crippen LogP contribution is -2.19. The van der Waals surface area contributed by atoms with E-state index in [1.165, 1.54) is 10.8 Å². The molecule has 0 spiro atoms. The van der Waals surface area contributed by atoms with Gasteiger partial charge in [-0.25, -0.2) is 4.98 Å². The number of hydrogen-bond donors (Lipinski definition) is 2. The van der Waals surface area contributed by atoms with Crippen molar-refractivity contribution in [1.82, 2.24) is 9.55 Å². The maximum atomic E-state index is 12.0. The van der Waals surface area contributed by atoms with Crippen LogP contribution in [-0.2, 0) is 11.3 Å². The molecule has 0 aliphatic heterocycles. The van der Waals surface area contributed by atoms with E-state index in [4.69, 9.17) is 5.11 Å². The molecule has 0 saturated heterocycles. The summed E-state index contributed by atoms with van der Waals surface area (Å²) >= 11 is 3.24. The van der Waals surface area contributed by atoms with Gasteiger partial charge in [0.05, 0.1) is 0 Å². The quantitative estimate of drug-likeness (QED) is 0.901. The molecule has 1 amide bonds. The number of anilines is 1. The first-order chi connectivity index (χ1) is 9.06. The average molecular weight is 324 g/mol. The Kier molecular flexibility index (Phi) is 3.96. The molecule has 7 heteroatoms. The highest BCUT2D eigenvalue weighted by atomic mass is 79.9. The van der Waals surface area contributed by atoms with Gasteiger partial charge in [-0.2, -0.15) is 0 Å². The topological polar surface area (TPSA) is 84.2 Å². The normalized spacial score (nSPS) is 10.2. The molecule has 98 valence electrons. The van der Waals surface area contributed by atoms with E-state index >= 15 is 0 Å². The minimum absolute atomic E-state index is 0.260. The summed E-state index contributed by atoms with van der Waals surface area (Å²) in [5, 5.41) is 11.3.